The van der Waals surface area contributed by atoms with E-state index >= 15 is 0 Å². The van der Waals surface area contributed by atoms with Crippen LogP contribution in [0.25, 0.3) is 5.82 Å². The lowest BCUT2D eigenvalue weighted by atomic mass is 9.92. The van der Waals surface area contributed by atoms with Crippen LogP contribution in [0.2, 0.25) is 0 Å². The van der Waals surface area contributed by atoms with Crippen molar-refractivity contribution in [1.29, 1.82) is 0 Å². The molecule has 25 heavy (non-hydrogen) atoms. The van der Waals surface area contributed by atoms with Crippen molar-refractivity contribution in [2.75, 3.05) is 5.32 Å². The third kappa shape index (κ3) is 3.92. The van der Waals surface area contributed by atoms with Crippen molar-refractivity contribution in [2.24, 2.45) is 0 Å². The fourth-order valence-corrected chi connectivity index (χ4v) is 2.64. The second kappa shape index (κ2) is 6.86. The maximum absolute atomic E-state index is 12.3. The van der Waals surface area contributed by atoms with Crippen LogP contribution in [0.4, 0.5) is 5.69 Å². The van der Waals surface area contributed by atoms with E-state index in [0.717, 1.165) is 11.6 Å². The van der Waals surface area contributed by atoms with E-state index < -0.39 is 5.60 Å². The number of anilines is 1. The molecule has 2 heterocycles. The van der Waals surface area contributed by atoms with Crippen LogP contribution in [0, 0.1) is 6.92 Å². The van der Waals surface area contributed by atoms with Crippen LogP contribution in [0.3, 0.4) is 0 Å². The highest BCUT2D eigenvalue weighted by Crippen LogP contribution is 2.24. The van der Waals surface area contributed by atoms with Gasteiger partial charge in [0.05, 0.1) is 23.9 Å². The zero-order valence-electron chi connectivity index (χ0n) is 14.2. The van der Waals surface area contributed by atoms with E-state index in [2.05, 4.69) is 15.3 Å². The van der Waals surface area contributed by atoms with Crippen molar-refractivity contribution < 1.29 is 9.90 Å². The van der Waals surface area contributed by atoms with Crippen molar-refractivity contribution in [2.45, 2.75) is 25.9 Å². The standard InChI is InChI=1S/C19H20N4O2/c1-14-20-10-11-23(14)17-9-8-16(13-21-17)22-18(24)12-19(2,25)15-6-4-3-5-7-15/h3-11,13,25H,12H2,1-2H3,(H,22,24). The summed E-state index contributed by atoms with van der Waals surface area (Å²) in [6, 6.07) is 12.7. The average Bonchev–Trinajstić information content (AvgIpc) is 3.02. The van der Waals surface area contributed by atoms with Gasteiger partial charge in [0.15, 0.2) is 0 Å². The number of pyridine rings is 1. The van der Waals surface area contributed by atoms with Gasteiger partial charge in [0, 0.05) is 12.4 Å². The number of benzene rings is 1. The number of carbonyl (C=O) groups excluding carboxylic acids is 1. The molecule has 3 aromatic rings. The summed E-state index contributed by atoms with van der Waals surface area (Å²) in [6.45, 7) is 3.52. The van der Waals surface area contributed by atoms with Gasteiger partial charge in [-0.05, 0) is 31.5 Å². The summed E-state index contributed by atoms with van der Waals surface area (Å²) in [7, 11) is 0. The molecule has 0 fully saturated rings. The third-order valence-electron chi connectivity index (χ3n) is 4.00. The topological polar surface area (TPSA) is 80.0 Å². The Labute approximate surface area is 146 Å². The van der Waals surface area contributed by atoms with Crippen LogP contribution < -0.4 is 5.32 Å². The van der Waals surface area contributed by atoms with E-state index in [1.165, 1.54) is 0 Å². The van der Waals surface area contributed by atoms with Crippen LogP contribution in [0.1, 0.15) is 24.7 Å². The summed E-state index contributed by atoms with van der Waals surface area (Å²) >= 11 is 0. The average molecular weight is 336 g/mol. The number of amides is 1. The molecule has 1 aromatic carbocycles. The van der Waals surface area contributed by atoms with Gasteiger partial charge < -0.3 is 10.4 Å². The van der Waals surface area contributed by atoms with E-state index in [0.29, 0.717) is 11.3 Å². The number of aryl methyl sites for hydroxylation is 1. The SMILES string of the molecule is Cc1nccn1-c1ccc(NC(=O)CC(C)(O)c2ccccc2)cn1. The number of nitrogens with one attached hydrogen (secondary N) is 1. The van der Waals surface area contributed by atoms with Crippen LogP contribution in [-0.2, 0) is 10.4 Å². The molecule has 0 aliphatic rings. The number of rotatable bonds is 5. The Kier molecular flexibility index (Phi) is 4.63. The van der Waals surface area contributed by atoms with Crippen LogP contribution in [0.5, 0.6) is 0 Å². The number of nitrogens with zero attached hydrogens (tertiary/aromatic N) is 3. The number of hydrogen-bond acceptors (Lipinski definition) is 4. The zero-order chi connectivity index (χ0) is 17.9. The first-order valence-corrected chi connectivity index (χ1v) is 8.00. The molecule has 6 nitrogen and oxygen atoms in total. The molecule has 0 radical (unpaired) electrons. The summed E-state index contributed by atoms with van der Waals surface area (Å²) in [5.41, 5.74) is 0.0525. The molecular formula is C19H20N4O2. The largest absolute Gasteiger partial charge is 0.385 e. The van der Waals surface area contributed by atoms with Gasteiger partial charge >= 0.3 is 0 Å². The molecular weight excluding hydrogens is 316 g/mol. The quantitative estimate of drug-likeness (QED) is 0.751. The summed E-state index contributed by atoms with van der Waals surface area (Å²) in [5, 5.41) is 13.3. The van der Waals surface area contributed by atoms with Crippen LogP contribution >= 0.6 is 0 Å². The molecule has 0 aliphatic carbocycles. The van der Waals surface area contributed by atoms with Gasteiger partial charge in [-0.3, -0.25) is 9.36 Å². The molecule has 2 aromatic heterocycles. The molecule has 0 aliphatic heterocycles. The molecule has 3 rings (SSSR count). The Morgan fingerprint density at radius 1 is 1.20 bits per heavy atom. The third-order valence-corrected chi connectivity index (χ3v) is 4.00. The van der Waals surface area contributed by atoms with Gasteiger partial charge in [-0.15, -0.1) is 0 Å². The first kappa shape index (κ1) is 16.9. The van der Waals surface area contributed by atoms with Gasteiger partial charge in [0.2, 0.25) is 5.91 Å². The summed E-state index contributed by atoms with van der Waals surface area (Å²) in [4.78, 5) is 20.7. The fourth-order valence-electron chi connectivity index (χ4n) is 2.64. The minimum Gasteiger partial charge on any atom is -0.385 e. The molecule has 6 heteroatoms. The number of carbonyl (C=O) groups is 1. The Morgan fingerprint density at radius 2 is 1.96 bits per heavy atom. The van der Waals surface area contributed by atoms with Gasteiger partial charge in [-0.2, -0.15) is 0 Å². The Hall–Kier alpha value is -2.99. The van der Waals surface area contributed by atoms with E-state index in [1.54, 1.807) is 43.6 Å². The molecule has 0 saturated carbocycles. The van der Waals surface area contributed by atoms with Crippen LogP contribution in [-0.4, -0.2) is 25.5 Å². The number of aromatic nitrogens is 3. The Bertz CT molecular complexity index is 855. The second-order valence-electron chi connectivity index (χ2n) is 6.11. The first-order chi connectivity index (χ1) is 12.0. The zero-order valence-corrected chi connectivity index (χ0v) is 14.2. The molecule has 1 unspecified atom stereocenters. The first-order valence-electron chi connectivity index (χ1n) is 8.00. The highest BCUT2D eigenvalue weighted by atomic mass is 16.3. The minimum atomic E-state index is -1.23. The lowest BCUT2D eigenvalue weighted by molar-refractivity contribution is -0.120. The van der Waals surface area contributed by atoms with E-state index in [1.807, 2.05) is 35.9 Å². The van der Waals surface area contributed by atoms with Crippen LogP contribution in [0.15, 0.2) is 61.1 Å². The monoisotopic (exact) mass is 336 g/mol. The molecule has 1 amide bonds. The lowest BCUT2D eigenvalue weighted by Gasteiger charge is -2.23. The van der Waals surface area contributed by atoms with E-state index in [9.17, 15) is 9.90 Å². The molecule has 0 bridgehead atoms. The number of hydrogen-bond donors (Lipinski definition) is 2. The van der Waals surface area contributed by atoms with Gasteiger partial charge in [0.25, 0.3) is 0 Å². The number of imidazole rings is 1. The molecule has 1 atom stereocenters. The maximum Gasteiger partial charge on any atom is 0.227 e. The summed E-state index contributed by atoms with van der Waals surface area (Å²) < 4.78 is 1.85. The van der Waals surface area contributed by atoms with Gasteiger partial charge in [-0.25, -0.2) is 9.97 Å². The normalized spacial score (nSPS) is 13.2. The van der Waals surface area contributed by atoms with Gasteiger partial charge in [0.1, 0.15) is 11.6 Å². The minimum absolute atomic E-state index is 0.0423. The fraction of sp³-hybridized carbons (Fsp3) is 0.211. The van der Waals surface area contributed by atoms with Crippen molar-refractivity contribution in [3.8, 4) is 5.82 Å². The molecule has 2 N–H and O–H groups in total. The predicted molar refractivity (Wildman–Crippen MR) is 95.4 cm³/mol. The van der Waals surface area contributed by atoms with E-state index in [-0.39, 0.29) is 12.3 Å². The highest BCUT2D eigenvalue weighted by Gasteiger charge is 2.26. The molecule has 128 valence electrons. The second-order valence-corrected chi connectivity index (χ2v) is 6.11. The van der Waals surface area contributed by atoms with Crippen molar-refractivity contribution in [3.05, 3.63) is 72.4 Å². The number of aliphatic hydroxyl groups is 1. The van der Waals surface area contributed by atoms with E-state index in [4.69, 9.17) is 0 Å². The summed E-state index contributed by atoms with van der Waals surface area (Å²) in [5.74, 6) is 1.29. The Balaban J connectivity index is 1.66. The summed E-state index contributed by atoms with van der Waals surface area (Å²) in [6.07, 6.45) is 5.08. The predicted octanol–water partition coefficient (Wildman–Crippen LogP) is 2.81. The van der Waals surface area contributed by atoms with Gasteiger partial charge in [-0.1, -0.05) is 30.3 Å². The molecule has 0 saturated heterocycles. The lowest BCUT2D eigenvalue weighted by Crippen LogP contribution is -2.28. The Morgan fingerprint density at radius 3 is 2.56 bits per heavy atom. The van der Waals surface area contributed by atoms with Crippen molar-refractivity contribution in [1.82, 2.24) is 14.5 Å². The smallest absolute Gasteiger partial charge is 0.227 e. The molecule has 0 spiro atoms. The highest BCUT2D eigenvalue weighted by molar-refractivity contribution is 5.91. The van der Waals surface area contributed by atoms with Crippen molar-refractivity contribution >= 4 is 11.6 Å². The van der Waals surface area contributed by atoms with Crippen molar-refractivity contribution in [3.63, 3.8) is 0 Å². The maximum atomic E-state index is 12.3.